The van der Waals surface area contributed by atoms with Gasteiger partial charge in [-0.05, 0) is 42.8 Å². The Hall–Kier alpha value is -2.85. The fourth-order valence-corrected chi connectivity index (χ4v) is 2.61. The number of hydrogen-bond acceptors (Lipinski definition) is 3. The van der Waals surface area contributed by atoms with Gasteiger partial charge in [-0.25, -0.2) is 4.98 Å². The number of halogens is 1. The van der Waals surface area contributed by atoms with Gasteiger partial charge in [-0.3, -0.25) is 4.79 Å². The summed E-state index contributed by atoms with van der Waals surface area (Å²) in [5.41, 5.74) is 4.27. The first-order chi connectivity index (χ1) is 12.1. The zero-order chi connectivity index (χ0) is 17.6. The molecule has 1 amide bonds. The van der Waals surface area contributed by atoms with Gasteiger partial charge >= 0.3 is 0 Å². The second kappa shape index (κ2) is 7.81. The van der Waals surface area contributed by atoms with Gasteiger partial charge in [0.15, 0.2) is 0 Å². The molecule has 0 bridgehead atoms. The molecule has 0 aliphatic rings. The Balaban J connectivity index is 1.60. The Bertz CT molecular complexity index is 878. The van der Waals surface area contributed by atoms with E-state index >= 15 is 0 Å². The molecule has 1 aromatic heterocycles. The monoisotopic (exact) mass is 351 g/mol. The van der Waals surface area contributed by atoms with Crippen LogP contribution in [0.25, 0.3) is 0 Å². The predicted octanol–water partition coefficient (Wildman–Crippen LogP) is 4.91. The molecule has 0 saturated carbocycles. The Kier molecular flexibility index (Phi) is 5.31. The van der Waals surface area contributed by atoms with E-state index in [-0.39, 0.29) is 5.91 Å². The van der Waals surface area contributed by atoms with E-state index in [1.54, 1.807) is 36.5 Å². The lowest BCUT2D eigenvalue weighted by atomic mass is 10.1. The van der Waals surface area contributed by atoms with Crippen LogP contribution in [0.5, 0.6) is 0 Å². The molecule has 0 atom stereocenters. The second-order valence-corrected chi connectivity index (χ2v) is 6.18. The van der Waals surface area contributed by atoms with Crippen molar-refractivity contribution in [3.8, 4) is 0 Å². The zero-order valence-electron chi connectivity index (χ0n) is 13.8. The van der Waals surface area contributed by atoms with Gasteiger partial charge in [0.1, 0.15) is 5.69 Å². The highest BCUT2D eigenvalue weighted by atomic mass is 35.5. The molecule has 0 spiro atoms. The fraction of sp³-hybridized carbons (Fsp3) is 0.100. The smallest absolute Gasteiger partial charge is 0.274 e. The first-order valence-electron chi connectivity index (χ1n) is 7.92. The third-order valence-electron chi connectivity index (χ3n) is 3.66. The van der Waals surface area contributed by atoms with E-state index in [2.05, 4.69) is 40.7 Å². The lowest BCUT2D eigenvalue weighted by Crippen LogP contribution is -2.13. The maximum absolute atomic E-state index is 12.2. The van der Waals surface area contributed by atoms with E-state index in [4.69, 9.17) is 11.6 Å². The molecule has 5 heteroatoms. The van der Waals surface area contributed by atoms with Crippen LogP contribution in [0.15, 0.2) is 66.9 Å². The van der Waals surface area contributed by atoms with Crippen molar-refractivity contribution in [2.45, 2.75) is 13.5 Å². The standard InChI is InChI=1S/C20H18ClN3O/c1-14-4-2-5-15(10-14)12-22-18-8-9-19(23-13-18)20(25)24-17-7-3-6-16(21)11-17/h2-11,13,22H,12H2,1H3,(H,24,25). The van der Waals surface area contributed by atoms with Gasteiger partial charge in [-0.2, -0.15) is 0 Å². The van der Waals surface area contributed by atoms with Gasteiger partial charge in [-0.1, -0.05) is 47.5 Å². The Morgan fingerprint density at radius 1 is 1.04 bits per heavy atom. The predicted molar refractivity (Wildman–Crippen MR) is 102 cm³/mol. The van der Waals surface area contributed by atoms with E-state index in [9.17, 15) is 4.79 Å². The minimum atomic E-state index is -0.271. The molecule has 4 nitrogen and oxygen atoms in total. The van der Waals surface area contributed by atoms with Crippen molar-refractivity contribution >= 4 is 28.9 Å². The maximum Gasteiger partial charge on any atom is 0.274 e. The highest BCUT2D eigenvalue weighted by Gasteiger charge is 2.08. The summed E-state index contributed by atoms with van der Waals surface area (Å²) in [7, 11) is 0. The molecule has 2 N–H and O–H groups in total. The summed E-state index contributed by atoms with van der Waals surface area (Å²) in [6.07, 6.45) is 1.66. The number of aryl methyl sites for hydroxylation is 1. The van der Waals surface area contributed by atoms with Crippen molar-refractivity contribution in [2.24, 2.45) is 0 Å². The third-order valence-corrected chi connectivity index (χ3v) is 3.89. The van der Waals surface area contributed by atoms with Gasteiger partial charge in [0.05, 0.1) is 11.9 Å². The fourth-order valence-electron chi connectivity index (χ4n) is 2.42. The van der Waals surface area contributed by atoms with Crippen molar-refractivity contribution in [2.75, 3.05) is 10.6 Å². The van der Waals surface area contributed by atoms with Crippen LogP contribution in [-0.2, 0) is 6.54 Å². The molecule has 0 fully saturated rings. The Labute approximate surface area is 151 Å². The average molecular weight is 352 g/mol. The number of benzene rings is 2. The second-order valence-electron chi connectivity index (χ2n) is 5.74. The van der Waals surface area contributed by atoms with Crippen LogP contribution in [0.3, 0.4) is 0 Å². The topological polar surface area (TPSA) is 54.0 Å². The third kappa shape index (κ3) is 4.81. The molecular weight excluding hydrogens is 334 g/mol. The van der Waals surface area contributed by atoms with Crippen LogP contribution in [-0.4, -0.2) is 10.9 Å². The minimum Gasteiger partial charge on any atom is -0.380 e. The van der Waals surface area contributed by atoms with E-state index < -0.39 is 0 Å². The summed E-state index contributed by atoms with van der Waals surface area (Å²) in [6, 6.07) is 18.8. The quantitative estimate of drug-likeness (QED) is 0.686. The maximum atomic E-state index is 12.2. The summed E-state index contributed by atoms with van der Waals surface area (Å²) < 4.78 is 0. The number of carbonyl (C=O) groups excluding carboxylic acids is 1. The molecule has 0 unspecified atom stereocenters. The van der Waals surface area contributed by atoms with Crippen LogP contribution in [0.2, 0.25) is 5.02 Å². The number of nitrogens with one attached hydrogen (secondary N) is 2. The Morgan fingerprint density at radius 2 is 1.88 bits per heavy atom. The zero-order valence-corrected chi connectivity index (χ0v) is 14.5. The van der Waals surface area contributed by atoms with E-state index in [0.717, 1.165) is 5.69 Å². The molecule has 2 aromatic carbocycles. The van der Waals surface area contributed by atoms with Crippen molar-refractivity contribution in [1.82, 2.24) is 4.98 Å². The summed E-state index contributed by atoms with van der Waals surface area (Å²) >= 11 is 5.91. The van der Waals surface area contributed by atoms with Crippen LogP contribution in [0.4, 0.5) is 11.4 Å². The minimum absolute atomic E-state index is 0.271. The molecule has 0 radical (unpaired) electrons. The molecule has 0 aliphatic carbocycles. The molecular formula is C20H18ClN3O. The van der Waals surface area contributed by atoms with Gasteiger partial charge in [0, 0.05) is 17.3 Å². The van der Waals surface area contributed by atoms with E-state index in [1.807, 2.05) is 12.1 Å². The van der Waals surface area contributed by atoms with Crippen molar-refractivity contribution in [3.63, 3.8) is 0 Å². The SMILES string of the molecule is Cc1cccc(CNc2ccc(C(=O)Nc3cccc(Cl)c3)nc2)c1. The summed E-state index contributed by atoms with van der Waals surface area (Å²) in [4.78, 5) is 16.4. The largest absolute Gasteiger partial charge is 0.380 e. The number of rotatable bonds is 5. The van der Waals surface area contributed by atoms with Gasteiger partial charge in [0.25, 0.3) is 5.91 Å². The number of nitrogens with zero attached hydrogens (tertiary/aromatic N) is 1. The number of aromatic nitrogens is 1. The molecule has 25 heavy (non-hydrogen) atoms. The summed E-state index contributed by atoms with van der Waals surface area (Å²) in [6.45, 7) is 2.77. The number of carbonyl (C=O) groups is 1. The molecule has 3 rings (SSSR count). The van der Waals surface area contributed by atoms with Crippen LogP contribution >= 0.6 is 11.6 Å². The molecule has 1 heterocycles. The average Bonchev–Trinajstić information content (AvgIpc) is 2.60. The van der Waals surface area contributed by atoms with Crippen LogP contribution < -0.4 is 10.6 Å². The van der Waals surface area contributed by atoms with E-state index in [0.29, 0.717) is 22.9 Å². The molecule has 3 aromatic rings. The van der Waals surface area contributed by atoms with Crippen LogP contribution in [0, 0.1) is 6.92 Å². The van der Waals surface area contributed by atoms with Crippen LogP contribution in [0.1, 0.15) is 21.6 Å². The Morgan fingerprint density at radius 3 is 2.60 bits per heavy atom. The first kappa shape index (κ1) is 17.0. The summed E-state index contributed by atoms with van der Waals surface area (Å²) in [5, 5.41) is 6.65. The number of hydrogen-bond donors (Lipinski definition) is 2. The highest BCUT2D eigenvalue weighted by Crippen LogP contribution is 2.16. The normalized spacial score (nSPS) is 10.3. The number of amides is 1. The molecule has 0 saturated heterocycles. The lowest BCUT2D eigenvalue weighted by molar-refractivity contribution is 0.102. The lowest BCUT2D eigenvalue weighted by Gasteiger charge is -2.08. The highest BCUT2D eigenvalue weighted by molar-refractivity contribution is 6.30. The van der Waals surface area contributed by atoms with Gasteiger partial charge in [0.2, 0.25) is 0 Å². The number of anilines is 2. The van der Waals surface area contributed by atoms with Gasteiger partial charge < -0.3 is 10.6 Å². The molecule has 126 valence electrons. The summed E-state index contributed by atoms with van der Waals surface area (Å²) in [5.74, 6) is -0.271. The number of pyridine rings is 1. The van der Waals surface area contributed by atoms with E-state index in [1.165, 1.54) is 11.1 Å². The first-order valence-corrected chi connectivity index (χ1v) is 8.30. The van der Waals surface area contributed by atoms with Crippen molar-refractivity contribution in [3.05, 3.63) is 88.7 Å². The van der Waals surface area contributed by atoms with Gasteiger partial charge in [-0.15, -0.1) is 0 Å². The van der Waals surface area contributed by atoms with Crippen molar-refractivity contribution < 1.29 is 4.79 Å². The molecule has 0 aliphatic heterocycles. The van der Waals surface area contributed by atoms with Crippen molar-refractivity contribution in [1.29, 1.82) is 0 Å².